The maximum atomic E-state index is 12.8. The molecule has 6 heteroatoms. The van der Waals surface area contributed by atoms with Crippen molar-refractivity contribution in [2.75, 3.05) is 24.5 Å². The fourth-order valence-corrected chi connectivity index (χ4v) is 4.50. The van der Waals surface area contributed by atoms with Gasteiger partial charge in [0.2, 0.25) is 11.8 Å². The summed E-state index contributed by atoms with van der Waals surface area (Å²) in [5, 5.41) is 3.20. The number of likely N-dealkylation sites (tertiary alicyclic amines) is 1. The molecule has 0 aliphatic carbocycles. The number of aryl methyl sites for hydroxylation is 2. The number of hydrogen-bond donors (Lipinski definition) is 1. The highest BCUT2D eigenvalue weighted by molar-refractivity contribution is 6.00. The molecular weight excluding hydrogens is 376 g/mol. The van der Waals surface area contributed by atoms with E-state index in [1.54, 1.807) is 4.90 Å². The third kappa shape index (κ3) is 4.70. The maximum absolute atomic E-state index is 12.8. The lowest BCUT2D eigenvalue weighted by molar-refractivity contribution is -0.127. The minimum atomic E-state index is -0.273. The Morgan fingerprint density at radius 3 is 2.67 bits per heavy atom. The zero-order chi connectivity index (χ0) is 21.1. The van der Waals surface area contributed by atoms with Gasteiger partial charge in [0, 0.05) is 50.5 Å². The number of rotatable bonds is 5. The summed E-state index contributed by atoms with van der Waals surface area (Å²) < 4.78 is 0. The Balaban J connectivity index is 1.28. The third-order valence-corrected chi connectivity index (χ3v) is 6.18. The van der Waals surface area contributed by atoms with Crippen LogP contribution in [-0.2, 0) is 16.1 Å². The van der Waals surface area contributed by atoms with Crippen LogP contribution in [0.15, 0.2) is 42.6 Å². The number of nitrogens with one attached hydrogen (secondary N) is 1. The number of benzene rings is 1. The van der Waals surface area contributed by atoms with Crippen LogP contribution in [0.5, 0.6) is 0 Å². The first-order chi connectivity index (χ1) is 14.5. The molecule has 0 bridgehead atoms. The van der Waals surface area contributed by atoms with Crippen LogP contribution in [0.1, 0.15) is 36.1 Å². The smallest absolute Gasteiger partial charge is 0.227 e. The van der Waals surface area contributed by atoms with Gasteiger partial charge in [0.05, 0.1) is 11.6 Å². The van der Waals surface area contributed by atoms with Crippen molar-refractivity contribution >= 4 is 17.5 Å². The molecule has 1 aromatic heterocycles. The summed E-state index contributed by atoms with van der Waals surface area (Å²) in [5.74, 6) is -0.226. The highest BCUT2D eigenvalue weighted by Crippen LogP contribution is 2.29. The van der Waals surface area contributed by atoms with Crippen LogP contribution in [0, 0.1) is 19.8 Å². The van der Waals surface area contributed by atoms with E-state index in [1.807, 2.05) is 50.4 Å². The summed E-state index contributed by atoms with van der Waals surface area (Å²) in [6, 6.07) is 12.3. The number of hydrogen-bond acceptors (Lipinski definition) is 4. The fourth-order valence-electron chi connectivity index (χ4n) is 4.50. The van der Waals surface area contributed by atoms with E-state index in [0.717, 1.165) is 49.4 Å². The van der Waals surface area contributed by atoms with E-state index in [2.05, 4.69) is 21.3 Å². The average molecular weight is 407 g/mol. The number of nitrogens with zero attached hydrogens (tertiary/aromatic N) is 3. The van der Waals surface area contributed by atoms with Gasteiger partial charge in [-0.2, -0.15) is 0 Å². The fraction of sp³-hybridized carbons (Fsp3) is 0.458. The predicted molar refractivity (Wildman–Crippen MR) is 117 cm³/mol. The summed E-state index contributed by atoms with van der Waals surface area (Å²) in [7, 11) is 0. The normalized spacial score (nSPS) is 20.5. The first-order valence-corrected chi connectivity index (χ1v) is 10.8. The second kappa shape index (κ2) is 8.96. The van der Waals surface area contributed by atoms with Crippen LogP contribution < -0.4 is 10.2 Å². The zero-order valence-corrected chi connectivity index (χ0v) is 17.8. The molecule has 4 rings (SSSR count). The van der Waals surface area contributed by atoms with Crippen molar-refractivity contribution in [2.24, 2.45) is 5.92 Å². The van der Waals surface area contributed by atoms with Gasteiger partial charge in [-0.3, -0.25) is 19.5 Å². The molecule has 6 nitrogen and oxygen atoms in total. The lowest BCUT2D eigenvalue weighted by Gasteiger charge is -2.32. The summed E-state index contributed by atoms with van der Waals surface area (Å²) in [5.41, 5.74) is 4.25. The molecule has 1 atom stereocenters. The molecule has 2 saturated heterocycles. The molecule has 158 valence electrons. The lowest BCUT2D eigenvalue weighted by atomic mass is 10.0. The van der Waals surface area contributed by atoms with Gasteiger partial charge in [-0.05, 0) is 50.5 Å². The number of carbonyl (C=O) groups is 2. The van der Waals surface area contributed by atoms with Gasteiger partial charge < -0.3 is 10.2 Å². The van der Waals surface area contributed by atoms with Gasteiger partial charge in [0.25, 0.3) is 0 Å². The molecule has 0 spiro atoms. The van der Waals surface area contributed by atoms with E-state index in [1.165, 1.54) is 5.56 Å². The standard InChI is InChI=1S/C24H30N4O2/c1-17-6-7-22(18(2)13-17)28-15-19(14-23(28)29)24(30)26-20-8-11-27(12-9-20)16-21-5-3-4-10-25-21/h3-7,10,13,19-20H,8-9,11-12,14-16H2,1-2H3,(H,26,30). The van der Waals surface area contributed by atoms with E-state index in [0.29, 0.717) is 6.54 Å². The van der Waals surface area contributed by atoms with Crippen molar-refractivity contribution in [1.82, 2.24) is 15.2 Å². The number of pyridine rings is 1. The molecule has 1 N–H and O–H groups in total. The third-order valence-electron chi connectivity index (χ3n) is 6.18. The Morgan fingerprint density at radius 1 is 1.17 bits per heavy atom. The van der Waals surface area contributed by atoms with Crippen molar-refractivity contribution in [3.05, 3.63) is 59.4 Å². The average Bonchev–Trinajstić information content (AvgIpc) is 3.12. The van der Waals surface area contributed by atoms with Gasteiger partial charge in [-0.15, -0.1) is 0 Å². The number of amides is 2. The van der Waals surface area contributed by atoms with Gasteiger partial charge in [0.1, 0.15) is 0 Å². The monoisotopic (exact) mass is 406 g/mol. The molecule has 3 heterocycles. The summed E-state index contributed by atoms with van der Waals surface area (Å²) in [4.78, 5) is 34.0. The first-order valence-electron chi connectivity index (χ1n) is 10.8. The van der Waals surface area contributed by atoms with E-state index in [-0.39, 0.29) is 30.2 Å². The molecule has 2 aliphatic rings. The quantitative estimate of drug-likeness (QED) is 0.829. The predicted octanol–water partition coefficient (Wildman–Crippen LogP) is 2.83. The number of piperidine rings is 1. The van der Waals surface area contributed by atoms with E-state index in [4.69, 9.17) is 0 Å². The number of aromatic nitrogens is 1. The highest BCUT2D eigenvalue weighted by Gasteiger charge is 2.36. The van der Waals surface area contributed by atoms with Crippen LogP contribution >= 0.6 is 0 Å². The Morgan fingerprint density at radius 2 is 1.97 bits per heavy atom. The Labute approximate surface area is 178 Å². The van der Waals surface area contributed by atoms with Gasteiger partial charge in [0.15, 0.2) is 0 Å². The van der Waals surface area contributed by atoms with Crippen molar-refractivity contribution in [1.29, 1.82) is 0 Å². The van der Waals surface area contributed by atoms with Crippen molar-refractivity contribution in [2.45, 2.75) is 45.7 Å². The minimum Gasteiger partial charge on any atom is -0.353 e. The van der Waals surface area contributed by atoms with Crippen LogP contribution in [0.25, 0.3) is 0 Å². The second-order valence-electron chi connectivity index (χ2n) is 8.58. The highest BCUT2D eigenvalue weighted by atomic mass is 16.2. The van der Waals surface area contributed by atoms with Crippen LogP contribution in [-0.4, -0.2) is 47.4 Å². The van der Waals surface area contributed by atoms with Crippen LogP contribution in [0.3, 0.4) is 0 Å². The van der Waals surface area contributed by atoms with Gasteiger partial charge in [-0.25, -0.2) is 0 Å². The molecule has 2 amide bonds. The maximum Gasteiger partial charge on any atom is 0.227 e. The first kappa shape index (κ1) is 20.5. The van der Waals surface area contributed by atoms with E-state index in [9.17, 15) is 9.59 Å². The molecule has 0 saturated carbocycles. The molecular formula is C24H30N4O2. The van der Waals surface area contributed by atoms with Crippen LogP contribution in [0.4, 0.5) is 5.69 Å². The summed E-state index contributed by atoms with van der Waals surface area (Å²) in [6.45, 7) is 7.26. The van der Waals surface area contributed by atoms with Crippen molar-refractivity contribution in [3.8, 4) is 0 Å². The molecule has 2 fully saturated rings. The van der Waals surface area contributed by atoms with E-state index >= 15 is 0 Å². The summed E-state index contributed by atoms with van der Waals surface area (Å²) in [6.07, 6.45) is 3.98. The number of carbonyl (C=O) groups excluding carboxylic acids is 2. The van der Waals surface area contributed by atoms with E-state index < -0.39 is 0 Å². The topological polar surface area (TPSA) is 65.5 Å². The van der Waals surface area contributed by atoms with Crippen LogP contribution in [0.2, 0.25) is 0 Å². The molecule has 0 radical (unpaired) electrons. The molecule has 1 unspecified atom stereocenters. The summed E-state index contributed by atoms with van der Waals surface area (Å²) >= 11 is 0. The Bertz CT molecular complexity index is 907. The Kier molecular flexibility index (Phi) is 6.13. The minimum absolute atomic E-state index is 0.0128. The van der Waals surface area contributed by atoms with Gasteiger partial charge >= 0.3 is 0 Å². The second-order valence-corrected chi connectivity index (χ2v) is 8.58. The van der Waals surface area contributed by atoms with Crippen molar-refractivity contribution in [3.63, 3.8) is 0 Å². The molecule has 30 heavy (non-hydrogen) atoms. The largest absolute Gasteiger partial charge is 0.353 e. The Hall–Kier alpha value is -2.73. The molecule has 1 aromatic carbocycles. The number of anilines is 1. The SMILES string of the molecule is Cc1ccc(N2CC(C(=O)NC3CCN(Cc4ccccn4)CC3)CC2=O)c(C)c1. The molecule has 2 aliphatic heterocycles. The zero-order valence-electron chi connectivity index (χ0n) is 17.8. The molecule has 2 aromatic rings. The lowest BCUT2D eigenvalue weighted by Crippen LogP contribution is -2.46. The van der Waals surface area contributed by atoms with Gasteiger partial charge in [-0.1, -0.05) is 23.8 Å². The van der Waals surface area contributed by atoms with Crippen molar-refractivity contribution < 1.29 is 9.59 Å².